The van der Waals surface area contributed by atoms with Crippen molar-refractivity contribution in [2.75, 3.05) is 26.5 Å². The summed E-state index contributed by atoms with van der Waals surface area (Å²) in [6, 6.07) is 13.8. The van der Waals surface area contributed by atoms with E-state index in [1.54, 1.807) is 12.0 Å². The smallest absolute Gasteiger partial charge is 0.233 e. The van der Waals surface area contributed by atoms with Gasteiger partial charge < -0.3 is 14.2 Å². The van der Waals surface area contributed by atoms with E-state index in [4.69, 9.17) is 16.3 Å². The summed E-state index contributed by atoms with van der Waals surface area (Å²) >= 11 is 7.54. The minimum absolute atomic E-state index is 0.0663. The zero-order chi connectivity index (χ0) is 20.1. The first-order chi connectivity index (χ1) is 13.5. The first-order valence-electron chi connectivity index (χ1n) is 9.05. The van der Waals surface area contributed by atoms with E-state index >= 15 is 0 Å². The number of nitrogens with zero attached hydrogens (tertiary/aromatic N) is 3. The van der Waals surface area contributed by atoms with Gasteiger partial charge in [-0.25, -0.2) is 4.98 Å². The number of halogens is 1. The number of imidazole rings is 1. The van der Waals surface area contributed by atoms with E-state index in [0.29, 0.717) is 30.5 Å². The van der Waals surface area contributed by atoms with Crippen LogP contribution in [-0.4, -0.2) is 46.9 Å². The Kier molecular flexibility index (Phi) is 6.99. The van der Waals surface area contributed by atoms with Crippen LogP contribution < -0.4 is 0 Å². The molecule has 148 valence electrons. The standard InChI is InChI=1S/C21H24ClN3O2S/c1-15-6-4-5-7-16(15)13-24(2)20(26)14-28-21-23-18-12-17(22)8-9-19(18)25(21)10-11-27-3/h4-9,12H,10-11,13-14H2,1-3H3. The van der Waals surface area contributed by atoms with Crippen molar-refractivity contribution < 1.29 is 9.53 Å². The Morgan fingerprint density at radius 1 is 1.29 bits per heavy atom. The van der Waals surface area contributed by atoms with Crippen LogP contribution >= 0.6 is 23.4 Å². The SMILES string of the molecule is COCCn1c(SCC(=O)N(C)Cc2ccccc2C)nc2cc(Cl)ccc21. The molecule has 0 bridgehead atoms. The van der Waals surface area contributed by atoms with E-state index in [9.17, 15) is 4.79 Å². The Bertz CT molecular complexity index is 973. The molecule has 0 aliphatic rings. The maximum Gasteiger partial charge on any atom is 0.233 e. The zero-order valence-corrected chi connectivity index (χ0v) is 17.9. The topological polar surface area (TPSA) is 47.4 Å². The first kappa shape index (κ1) is 20.7. The Labute approximate surface area is 174 Å². The number of rotatable bonds is 8. The van der Waals surface area contributed by atoms with Gasteiger partial charge in [-0.3, -0.25) is 4.79 Å². The Morgan fingerprint density at radius 3 is 2.82 bits per heavy atom. The fourth-order valence-corrected chi connectivity index (χ4v) is 4.11. The first-order valence-corrected chi connectivity index (χ1v) is 10.4. The number of amides is 1. The van der Waals surface area contributed by atoms with Gasteiger partial charge in [0.2, 0.25) is 5.91 Å². The number of hydrogen-bond acceptors (Lipinski definition) is 4. The van der Waals surface area contributed by atoms with Crippen LogP contribution in [0.3, 0.4) is 0 Å². The van der Waals surface area contributed by atoms with Crippen molar-refractivity contribution >= 4 is 40.3 Å². The van der Waals surface area contributed by atoms with Crippen molar-refractivity contribution in [2.45, 2.75) is 25.2 Å². The zero-order valence-electron chi connectivity index (χ0n) is 16.3. The van der Waals surface area contributed by atoms with Gasteiger partial charge >= 0.3 is 0 Å². The summed E-state index contributed by atoms with van der Waals surface area (Å²) in [4.78, 5) is 19.1. The number of fused-ring (bicyclic) bond motifs is 1. The molecule has 1 heterocycles. The molecule has 0 aliphatic carbocycles. The molecule has 0 aliphatic heterocycles. The highest BCUT2D eigenvalue weighted by Gasteiger charge is 2.16. The van der Waals surface area contributed by atoms with Crippen LogP contribution in [0.25, 0.3) is 11.0 Å². The third-order valence-corrected chi connectivity index (χ3v) is 5.81. The monoisotopic (exact) mass is 417 g/mol. The largest absolute Gasteiger partial charge is 0.383 e. The second-order valence-corrected chi connectivity index (χ2v) is 8.02. The molecule has 0 fully saturated rings. The molecule has 1 amide bonds. The minimum atomic E-state index is 0.0663. The molecule has 3 rings (SSSR count). The molecular weight excluding hydrogens is 394 g/mol. The van der Waals surface area contributed by atoms with Crippen LogP contribution in [0, 0.1) is 6.92 Å². The molecule has 0 N–H and O–H groups in total. The van der Waals surface area contributed by atoms with Gasteiger partial charge in [-0.1, -0.05) is 47.6 Å². The molecule has 3 aromatic rings. The van der Waals surface area contributed by atoms with Gasteiger partial charge in [-0.15, -0.1) is 0 Å². The number of thioether (sulfide) groups is 1. The number of aromatic nitrogens is 2. The normalized spacial score (nSPS) is 11.1. The average Bonchev–Trinajstić information content (AvgIpc) is 3.02. The molecule has 5 nitrogen and oxygen atoms in total. The van der Waals surface area contributed by atoms with E-state index in [-0.39, 0.29) is 5.91 Å². The van der Waals surface area contributed by atoms with Gasteiger partial charge in [0.1, 0.15) is 0 Å². The lowest BCUT2D eigenvalue weighted by Gasteiger charge is -2.18. The summed E-state index contributed by atoms with van der Waals surface area (Å²) in [5, 5.41) is 1.45. The molecule has 0 spiro atoms. The van der Waals surface area contributed by atoms with E-state index in [0.717, 1.165) is 21.8 Å². The summed E-state index contributed by atoms with van der Waals surface area (Å²) in [6.07, 6.45) is 0. The molecule has 7 heteroatoms. The van der Waals surface area contributed by atoms with Gasteiger partial charge in [-0.2, -0.15) is 0 Å². The van der Waals surface area contributed by atoms with E-state index in [2.05, 4.69) is 28.6 Å². The van der Waals surface area contributed by atoms with Crippen LogP contribution in [0.2, 0.25) is 5.02 Å². The van der Waals surface area contributed by atoms with Crippen LogP contribution in [0.5, 0.6) is 0 Å². The molecule has 0 atom stereocenters. The molecule has 0 saturated heterocycles. The van der Waals surface area contributed by atoms with E-state index in [1.165, 1.54) is 17.3 Å². The van der Waals surface area contributed by atoms with Crippen LogP contribution in [0.1, 0.15) is 11.1 Å². The van der Waals surface area contributed by atoms with Gasteiger partial charge in [0, 0.05) is 32.3 Å². The second kappa shape index (κ2) is 9.45. The van der Waals surface area contributed by atoms with Crippen molar-refractivity contribution in [3.8, 4) is 0 Å². The third-order valence-electron chi connectivity index (χ3n) is 4.61. The highest BCUT2D eigenvalue weighted by molar-refractivity contribution is 7.99. The average molecular weight is 418 g/mol. The molecule has 0 unspecified atom stereocenters. The quantitative estimate of drug-likeness (QED) is 0.510. The number of ether oxygens (including phenoxy) is 1. The third kappa shape index (κ3) is 4.87. The van der Waals surface area contributed by atoms with Gasteiger partial charge in [0.15, 0.2) is 5.16 Å². The predicted molar refractivity (Wildman–Crippen MR) is 115 cm³/mol. The Balaban J connectivity index is 1.71. The van der Waals surface area contributed by atoms with E-state index in [1.807, 2.05) is 37.4 Å². The Hall–Kier alpha value is -2.02. The van der Waals surface area contributed by atoms with Crippen molar-refractivity contribution in [1.82, 2.24) is 14.5 Å². The highest BCUT2D eigenvalue weighted by atomic mass is 35.5. The number of hydrogen-bond donors (Lipinski definition) is 0. The lowest BCUT2D eigenvalue weighted by molar-refractivity contribution is -0.127. The number of carbonyl (C=O) groups excluding carboxylic acids is 1. The lowest BCUT2D eigenvalue weighted by atomic mass is 10.1. The maximum absolute atomic E-state index is 12.6. The summed E-state index contributed by atoms with van der Waals surface area (Å²) in [6.45, 7) is 3.90. The fraction of sp³-hybridized carbons (Fsp3) is 0.333. The van der Waals surface area contributed by atoms with Crippen LogP contribution in [0.4, 0.5) is 0 Å². The van der Waals surface area contributed by atoms with Gasteiger partial charge in [0.05, 0.1) is 23.4 Å². The van der Waals surface area contributed by atoms with Crippen LogP contribution in [0.15, 0.2) is 47.6 Å². The second-order valence-electron chi connectivity index (χ2n) is 6.64. The fourth-order valence-electron chi connectivity index (χ4n) is 2.96. The van der Waals surface area contributed by atoms with E-state index < -0.39 is 0 Å². The summed E-state index contributed by atoms with van der Waals surface area (Å²) < 4.78 is 7.30. The Morgan fingerprint density at radius 2 is 2.07 bits per heavy atom. The maximum atomic E-state index is 12.6. The summed E-state index contributed by atoms with van der Waals surface area (Å²) in [5.41, 5.74) is 4.16. The molecule has 0 radical (unpaired) electrons. The molecule has 0 saturated carbocycles. The number of benzene rings is 2. The van der Waals surface area contributed by atoms with Crippen LogP contribution in [-0.2, 0) is 22.6 Å². The van der Waals surface area contributed by atoms with Gasteiger partial charge in [0.25, 0.3) is 0 Å². The number of methoxy groups -OCH3 is 1. The highest BCUT2D eigenvalue weighted by Crippen LogP contribution is 2.26. The molecule has 1 aromatic heterocycles. The number of carbonyl (C=O) groups is 1. The van der Waals surface area contributed by atoms with Crippen molar-refractivity contribution in [3.63, 3.8) is 0 Å². The lowest BCUT2D eigenvalue weighted by Crippen LogP contribution is -2.28. The predicted octanol–water partition coefficient (Wildman–Crippen LogP) is 4.40. The van der Waals surface area contributed by atoms with Crippen molar-refractivity contribution in [2.24, 2.45) is 0 Å². The van der Waals surface area contributed by atoms with Crippen molar-refractivity contribution in [3.05, 3.63) is 58.6 Å². The summed E-state index contributed by atoms with van der Waals surface area (Å²) in [7, 11) is 3.51. The molecular formula is C21H24ClN3O2S. The summed E-state index contributed by atoms with van der Waals surface area (Å²) in [5.74, 6) is 0.392. The number of aryl methyl sites for hydroxylation is 1. The molecule has 28 heavy (non-hydrogen) atoms. The minimum Gasteiger partial charge on any atom is -0.383 e. The van der Waals surface area contributed by atoms with Crippen molar-refractivity contribution in [1.29, 1.82) is 0 Å². The molecule has 2 aromatic carbocycles. The van der Waals surface area contributed by atoms with Gasteiger partial charge in [-0.05, 0) is 36.2 Å².